The summed E-state index contributed by atoms with van der Waals surface area (Å²) in [5, 5.41) is 2.45. The van der Waals surface area contributed by atoms with Crippen molar-refractivity contribution in [2.45, 2.75) is 40.2 Å². The Hall–Kier alpha value is -2.45. The van der Waals surface area contributed by atoms with Gasteiger partial charge in [0.1, 0.15) is 12.6 Å². The van der Waals surface area contributed by atoms with Crippen LogP contribution in [-0.4, -0.2) is 65.8 Å². The van der Waals surface area contributed by atoms with Crippen LogP contribution in [0.5, 0.6) is 0 Å². The molecule has 9 heteroatoms. The lowest BCUT2D eigenvalue weighted by Crippen LogP contribution is -2.48. The fourth-order valence-electron chi connectivity index (χ4n) is 2.43. The molecule has 25 heavy (non-hydrogen) atoms. The molecule has 1 heterocycles. The number of esters is 1. The van der Waals surface area contributed by atoms with Crippen molar-refractivity contribution >= 4 is 29.7 Å². The average molecular weight is 355 g/mol. The van der Waals surface area contributed by atoms with Crippen molar-refractivity contribution in [3.63, 3.8) is 0 Å². The summed E-state index contributed by atoms with van der Waals surface area (Å²) in [6.07, 6.45) is 0.346. The minimum absolute atomic E-state index is 0.00998. The minimum Gasteiger partial charge on any atom is -0.467 e. The van der Waals surface area contributed by atoms with Gasteiger partial charge in [-0.2, -0.15) is 0 Å². The number of carbonyl (C=O) groups excluding carboxylic acids is 5. The van der Waals surface area contributed by atoms with E-state index in [2.05, 4.69) is 10.1 Å². The summed E-state index contributed by atoms with van der Waals surface area (Å²) in [5.41, 5.74) is 0. The summed E-state index contributed by atoms with van der Waals surface area (Å²) in [4.78, 5) is 61.3. The van der Waals surface area contributed by atoms with Gasteiger partial charge in [0.2, 0.25) is 5.91 Å². The number of nitrogens with one attached hydrogen (secondary N) is 1. The summed E-state index contributed by atoms with van der Waals surface area (Å²) in [5.74, 6) is -3.21. The first-order valence-corrected chi connectivity index (χ1v) is 8.12. The Kier molecular flexibility index (Phi) is 7.08. The number of hydrogen-bond acceptors (Lipinski definition) is 6. The Morgan fingerprint density at radius 2 is 1.56 bits per heavy atom. The van der Waals surface area contributed by atoms with Crippen LogP contribution in [-0.2, 0) is 23.9 Å². The quantitative estimate of drug-likeness (QED) is 0.376. The van der Waals surface area contributed by atoms with Crippen LogP contribution in [0, 0.1) is 11.8 Å². The third-order valence-electron chi connectivity index (χ3n) is 3.51. The van der Waals surface area contributed by atoms with Crippen molar-refractivity contribution in [3.8, 4) is 0 Å². The van der Waals surface area contributed by atoms with Crippen LogP contribution in [0.1, 0.15) is 34.1 Å². The third kappa shape index (κ3) is 5.27. The number of imide groups is 2. The molecule has 0 unspecified atom stereocenters. The minimum atomic E-state index is -1.04. The standard InChI is InChI=1S/C16H25N3O6/c1-9(2)6-11(15(23)25-5)17-12(20)8-19-14(22)13(21)18(16(19)24)7-10(3)4/h9-11H,6-8H2,1-5H3,(H,17,20)/t11-/m0/s1. The second-order valence-electron chi connectivity index (χ2n) is 6.76. The highest BCUT2D eigenvalue weighted by Crippen LogP contribution is 2.14. The summed E-state index contributed by atoms with van der Waals surface area (Å²) in [6.45, 7) is 6.82. The maximum Gasteiger partial charge on any atom is 0.334 e. The predicted molar refractivity (Wildman–Crippen MR) is 87.1 cm³/mol. The molecule has 5 amide bonds. The second-order valence-corrected chi connectivity index (χ2v) is 6.76. The van der Waals surface area contributed by atoms with Crippen molar-refractivity contribution in [2.75, 3.05) is 20.2 Å². The van der Waals surface area contributed by atoms with E-state index in [1.165, 1.54) is 7.11 Å². The number of nitrogens with zero attached hydrogens (tertiary/aromatic N) is 2. The van der Waals surface area contributed by atoms with Gasteiger partial charge in [-0.3, -0.25) is 19.3 Å². The van der Waals surface area contributed by atoms with E-state index in [9.17, 15) is 24.0 Å². The van der Waals surface area contributed by atoms with E-state index in [1.54, 1.807) is 13.8 Å². The highest BCUT2D eigenvalue weighted by Gasteiger charge is 2.45. The fraction of sp³-hybridized carbons (Fsp3) is 0.688. The topological polar surface area (TPSA) is 113 Å². The molecule has 0 radical (unpaired) electrons. The molecule has 1 N–H and O–H groups in total. The second kappa shape index (κ2) is 8.59. The van der Waals surface area contributed by atoms with E-state index in [0.717, 1.165) is 4.90 Å². The number of methoxy groups -OCH3 is 1. The van der Waals surface area contributed by atoms with Gasteiger partial charge in [0.25, 0.3) is 0 Å². The first kappa shape index (κ1) is 20.6. The highest BCUT2D eigenvalue weighted by molar-refractivity contribution is 6.45. The van der Waals surface area contributed by atoms with Crippen LogP contribution in [0.25, 0.3) is 0 Å². The predicted octanol–water partition coefficient (Wildman–Crippen LogP) is 0.137. The highest BCUT2D eigenvalue weighted by atomic mass is 16.5. The van der Waals surface area contributed by atoms with Crippen LogP contribution in [0.3, 0.4) is 0 Å². The van der Waals surface area contributed by atoms with Crippen molar-refractivity contribution in [3.05, 3.63) is 0 Å². The number of hydrogen-bond donors (Lipinski definition) is 1. The average Bonchev–Trinajstić information content (AvgIpc) is 2.70. The van der Waals surface area contributed by atoms with Gasteiger partial charge in [0, 0.05) is 6.54 Å². The first-order chi connectivity index (χ1) is 11.6. The van der Waals surface area contributed by atoms with Crippen LogP contribution in [0.15, 0.2) is 0 Å². The normalized spacial score (nSPS) is 16.0. The van der Waals surface area contributed by atoms with E-state index in [1.807, 2.05) is 13.8 Å². The summed E-state index contributed by atoms with van der Waals surface area (Å²) < 4.78 is 4.64. The molecule has 0 aromatic heterocycles. The molecule has 0 aromatic rings. The maximum atomic E-state index is 12.2. The van der Waals surface area contributed by atoms with Crippen molar-refractivity contribution in [2.24, 2.45) is 11.8 Å². The van der Waals surface area contributed by atoms with Crippen LogP contribution in [0.2, 0.25) is 0 Å². The summed E-state index contributed by atoms with van der Waals surface area (Å²) in [7, 11) is 1.21. The Balaban J connectivity index is 2.78. The van der Waals surface area contributed by atoms with Gasteiger partial charge in [0.15, 0.2) is 0 Å². The number of amides is 5. The largest absolute Gasteiger partial charge is 0.467 e. The van der Waals surface area contributed by atoms with Gasteiger partial charge in [-0.1, -0.05) is 27.7 Å². The molecule has 1 aliphatic rings. The summed E-state index contributed by atoms with van der Waals surface area (Å²) >= 11 is 0. The molecule has 0 spiro atoms. The summed E-state index contributed by atoms with van der Waals surface area (Å²) in [6, 6.07) is -1.70. The molecule has 0 aliphatic carbocycles. The monoisotopic (exact) mass is 355 g/mol. The van der Waals surface area contributed by atoms with Gasteiger partial charge >= 0.3 is 23.8 Å². The third-order valence-corrected chi connectivity index (χ3v) is 3.51. The molecular formula is C16H25N3O6. The lowest BCUT2D eigenvalue weighted by molar-refractivity contribution is -0.146. The van der Waals surface area contributed by atoms with Crippen LogP contribution >= 0.6 is 0 Å². The Morgan fingerprint density at radius 3 is 2.04 bits per heavy atom. The van der Waals surface area contributed by atoms with E-state index in [0.29, 0.717) is 11.3 Å². The zero-order chi connectivity index (χ0) is 19.3. The Morgan fingerprint density at radius 1 is 1.00 bits per heavy atom. The molecule has 0 saturated carbocycles. The molecule has 1 atom stereocenters. The molecule has 0 aromatic carbocycles. The lowest BCUT2D eigenvalue weighted by atomic mass is 10.0. The molecule has 1 rings (SSSR count). The van der Waals surface area contributed by atoms with Crippen molar-refractivity contribution in [1.82, 2.24) is 15.1 Å². The van der Waals surface area contributed by atoms with Gasteiger partial charge in [-0.05, 0) is 18.3 Å². The number of rotatable bonds is 8. The van der Waals surface area contributed by atoms with Gasteiger partial charge in [-0.25, -0.2) is 14.5 Å². The number of carbonyl (C=O) groups is 5. The zero-order valence-electron chi connectivity index (χ0n) is 15.2. The molecule has 0 bridgehead atoms. The van der Waals surface area contributed by atoms with Gasteiger partial charge in [0.05, 0.1) is 7.11 Å². The molecule has 140 valence electrons. The van der Waals surface area contributed by atoms with Crippen molar-refractivity contribution < 1.29 is 28.7 Å². The van der Waals surface area contributed by atoms with Crippen LogP contribution < -0.4 is 5.32 Å². The first-order valence-electron chi connectivity index (χ1n) is 8.12. The molecule has 9 nitrogen and oxygen atoms in total. The Labute approximate surface area is 146 Å². The number of ether oxygens (including phenoxy) is 1. The molecular weight excluding hydrogens is 330 g/mol. The van der Waals surface area contributed by atoms with E-state index in [4.69, 9.17) is 0 Å². The molecule has 1 saturated heterocycles. The van der Waals surface area contributed by atoms with Gasteiger partial charge < -0.3 is 10.1 Å². The smallest absolute Gasteiger partial charge is 0.334 e. The van der Waals surface area contributed by atoms with E-state index >= 15 is 0 Å². The SMILES string of the molecule is COC(=O)[C@H](CC(C)C)NC(=O)CN1C(=O)C(=O)N(CC(C)C)C1=O. The van der Waals surface area contributed by atoms with Crippen LogP contribution in [0.4, 0.5) is 4.79 Å². The van der Waals surface area contributed by atoms with E-state index in [-0.39, 0.29) is 18.4 Å². The lowest BCUT2D eigenvalue weighted by Gasteiger charge is -2.20. The fourth-order valence-corrected chi connectivity index (χ4v) is 2.43. The Bertz CT molecular complexity index is 572. The number of urea groups is 1. The molecule has 1 aliphatic heterocycles. The van der Waals surface area contributed by atoms with Crippen molar-refractivity contribution in [1.29, 1.82) is 0 Å². The van der Waals surface area contributed by atoms with E-state index < -0.39 is 42.3 Å². The van der Waals surface area contributed by atoms with Gasteiger partial charge in [-0.15, -0.1) is 0 Å². The maximum absolute atomic E-state index is 12.2. The zero-order valence-corrected chi connectivity index (χ0v) is 15.2. The molecule has 1 fully saturated rings.